The van der Waals surface area contributed by atoms with Crippen LogP contribution in [0.1, 0.15) is 12.0 Å². The van der Waals surface area contributed by atoms with Gasteiger partial charge in [0, 0.05) is 13.3 Å². The molecule has 0 saturated heterocycles. The minimum absolute atomic E-state index is 0. The molecule has 0 aliphatic rings. The fraction of sp³-hybridized carbons (Fsp3) is 0.455. The Bertz CT molecular complexity index is 209. The highest BCUT2D eigenvalue weighted by Gasteiger charge is 1.99. The van der Waals surface area contributed by atoms with E-state index in [-0.39, 0.29) is 20.3 Å². The van der Waals surface area contributed by atoms with E-state index < -0.39 is 0 Å². The third-order valence-corrected chi connectivity index (χ3v) is 3.34. The summed E-state index contributed by atoms with van der Waals surface area (Å²) in [5.74, 6) is 0. The predicted molar refractivity (Wildman–Crippen MR) is 59.8 cm³/mol. The van der Waals surface area contributed by atoms with Crippen LogP contribution in [0.5, 0.6) is 0 Å². The van der Waals surface area contributed by atoms with Crippen molar-refractivity contribution >= 4 is 7.92 Å². The first kappa shape index (κ1) is 12.9. The summed E-state index contributed by atoms with van der Waals surface area (Å²) in [5.41, 5.74) is 1.49. The lowest BCUT2D eigenvalue weighted by Gasteiger charge is -1.99. The van der Waals surface area contributed by atoms with Crippen molar-refractivity contribution in [2.75, 3.05) is 19.5 Å². The molecule has 0 heterocycles. The van der Waals surface area contributed by atoms with Crippen LogP contribution in [0.2, 0.25) is 0 Å². The summed E-state index contributed by atoms with van der Waals surface area (Å²) < 4.78 is 0. The van der Waals surface area contributed by atoms with Crippen molar-refractivity contribution in [3.05, 3.63) is 35.9 Å². The topological polar surface area (TPSA) is 0 Å². The molecule has 0 bridgehead atoms. The van der Waals surface area contributed by atoms with Gasteiger partial charge in [-0.2, -0.15) is 0 Å². The molecule has 0 aromatic heterocycles. The fourth-order valence-electron chi connectivity index (χ4n) is 1.29. The Morgan fingerprint density at radius 2 is 1.69 bits per heavy atom. The van der Waals surface area contributed by atoms with Gasteiger partial charge in [0.1, 0.15) is 0 Å². The third-order valence-electron chi connectivity index (χ3n) is 1.99. The first-order valence-corrected chi connectivity index (χ1v) is 7.32. The van der Waals surface area contributed by atoms with Crippen molar-refractivity contribution in [3.8, 4) is 0 Å². The normalized spacial score (nSPS) is 9.77. The predicted octanol–water partition coefficient (Wildman–Crippen LogP) is 0.0970. The van der Waals surface area contributed by atoms with E-state index >= 15 is 0 Å². The van der Waals surface area contributed by atoms with Gasteiger partial charge < -0.3 is 12.4 Å². The van der Waals surface area contributed by atoms with Gasteiger partial charge in [-0.1, -0.05) is 30.3 Å². The zero-order valence-electron chi connectivity index (χ0n) is 8.39. The van der Waals surface area contributed by atoms with E-state index in [0.717, 1.165) is 0 Å². The summed E-state index contributed by atoms with van der Waals surface area (Å²) in [7, 11) is -0.00422. The summed E-state index contributed by atoms with van der Waals surface area (Å²) in [6.07, 6.45) is 4.07. The van der Waals surface area contributed by atoms with E-state index in [4.69, 9.17) is 0 Å². The van der Waals surface area contributed by atoms with Crippen LogP contribution >= 0.6 is 7.92 Å². The smallest absolute Gasteiger partial charge is 0.0569 e. The number of benzene rings is 1. The van der Waals surface area contributed by atoms with Crippen LogP contribution in [0.4, 0.5) is 0 Å². The summed E-state index contributed by atoms with van der Waals surface area (Å²) in [6, 6.07) is 10.8. The van der Waals surface area contributed by atoms with Crippen molar-refractivity contribution in [2.45, 2.75) is 12.8 Å². The molecular weight excluding hydrogens is 199 g/mol. The average molecular weight is 217 g/mol. The first-order valence-electron chi connectivity index (χ1n) is 4.62. The molecule has 2 heteroatoms. The van der Waals surface area contributed by atoms with Crippen LogP contribution in [-0.4, -0.2) is 19.5 Å². The van der Waals surface area contributed by atoms with Gasteiger partial charge in [0.05, 0.1) is 6.16 Å². The molecule has 0 nitrogen and oxygen atoms in total. The summed E-state index contributed by atoms with van der Waals surface area (Å²) >= 11 is 0. The van der Waals surface area contributed by atoms with Crippen molar-refractivity contribution in [3.63, 3.8) is 0 Å². The van der Waals surface area contributed by atoms with E-state index in [1.807, 2.05) is 0 Å². The van der Waals surface area contributed by atoms with E-state index in [1.54, 1.807) is 0 Å². The van der Waals surface area contributed by atoms with Gasteiger partial charge in [-0.05, 0) is 26.3 Å². The van der Waals surface area contributed by atoms with Crippen molar-refractivity contribution in [2.24, 2.45) is 0 Å². The van der Waals surface area contributed by atoms with Crippen molar-refractivity contribution in [1.29, 1.82) is 0 Å². The van der Waals surface area contributed by atoms with E-state index in [9.17, 15) is 0 Å². The highest BCUT2D eigenvalue weighted by atomic mass is 35.5. The molecule has 0 amide bonds. The Morgan fingerprint density at radius 1 is 1.08 bits per heavy atom. The molecule has 0 fully saturated rings. The highest BCUT2D eigenvalue weighted by Crippen LogP contribution is 2.25. The Labute approximate surface area is 88.9 Å². The van der Waals surface area contributed by atoms with Gasteiger partial charge in [0.2, 0.25) is 0 Å². The standard InChI is InChI=1S/C11H17P.ClH/c1-12(2)10-6-9-11-7-4-3-5-8-11;/h3-5,7-8H,6,9-10H2,1-2H3;1H. The van der Waals surface area contributed by atoms with E-state index in [0.29, 0.717) is 0 Å². The third kappa shape index (κ3) is 6.07. The van der Waals surface area contributed by atoms with Gasteiger partial charge in [-0.15, -0.1) is 0 Å². The molecule has 0 aliphatic carbocycles. The minimum atomic E-state index is -0.00422. The maximum absolute atomic E-state index is 2.38. The molecule has 1 aromatic carbocycles. The maximum atomic E-state index is 2.38. The zero-order chi connectivity index (χ0) is 8.81. The van der Waals surface area contributed by atoms with Crippen LogP contribution in [0.3, 0.4) is 0 Å². The lowest BCUT2D eigenvalue weighted by molar-refractivity contribution is -0.00000263. The van der Waals surface area contributed by atoms with Crippen LogP contribution in [0, 0.1) is 0 Å². The first-order chi connectivity index (χ1) is 5.79. The number of rotatable bonds is 4. The molecule has 13 heavy (non-hydrogen) atoms. The zero-order valence-corrected chi connectivity index (χ0v) is 10.1. The molecule has 0 atom stereocenters. The molecule has 0 unspecified atom stereocenters. The SMILES string of the molecule is C[PH+](C)CCCc1ccccc1.[Cl-]. The second-order valence-electron chi connectivity index (χ2n) is 3.55. The van der Waals surface area contributed by atoms with Gasteiger partial charge >= 0.3 is 0 Å². The van der Waals surface area contributed by atoms with Crippen LogP contribution in [-0.2, 0) is 6.42 Å². The number of hydrogen-bond acceptors (Lipinski definition) is 0. The summed E-state index contributed by atoms with van der Waals surface area (Å²) in [4.78, 5) is 0. The van der Waals surface area contributed by atoms with Crippen molar-refractivity contribution in [1.82, 2.24) is 0 Å². The number of hydrogen-bond donors (Lipinski definition) is 0. The Kier molecular flexibility index (Phi) is 7.32. The molecule has 0 radical (unpaired) electrons. The highest BCUT2D eigenvalue weighted by molar-refractivity contribution is 7.55. The summed E-state index contributed by atoms with van der Waals surface area (Å²) in [5, 5.41) is 0. The van der Waals surface area contributed by atoms with Crippen LogP contribution in [0.15, 0.2) is 30.3 Å². The number of aryl methyl sites for hydroxylation is 1. The average Bonchev–Trinajstić information content (AvgIpc) is 2.05. The van der Waals surface area contributed by atoms with Gasteiger partial charge in [-0.25, -0.2) is 0 Å². The van der Waals surface area contributed by atoms with Gasteiger partial charge in [0.15, 0.2) is 0 Å². The van der Waals surface area contributed by atoms with Gasteiger partial charge in [0.25, 0.3) is 0 Å². The Hall–Kier alpha value is -0.0600. The molecule has 0 spiro atoms. The molecule has 0 aliphatic heterocycles. The maximum Gasteiger partial charge on any atom is 0.0569 e. The fourth-order valence-corrected chi connectivity index (χ4v) is 2.17. The minimum Gasteiger partial charge on any atom is -1.00 e. The Morgan fingerprint density at radius 3 is 2.23 bits per heavy atom. The largest absolute Gasteiger partial charge is 1.00 e. The monoisotopic (exact) mass is 216 g/mol. The second kappa shape index (κ2) is 7.35. The van der Waals surface area contributed by atoms with Crippen LogP contribution < -0.4 is 12.4 Å². The molecular formula is C11H18ClP. The molecule has 74 valence electrons. The second-order valence-corrected chi connectivity index (χ2v) is 6.46. The lowest BCUT2D eigenvalue weighted by atomic mass is 10.1. The van der Waals surface area contributed by atoms with Gasteiger partial charge in [-0.3, -0.25) is 0 Å². The Balaban J connectivity index is 0.00000144. The quantitative estimate of drug-likeness (QED) is 0.627. The van der Waals surface area contributed by atoms with E-state index in [1.165, 1.54) is 24.6 Å². The number of halogens is 1. The van der Waals surface area contributed by atoms with Crippen molar-refractivity contribution < 1.29 is 12.4 Å². The lowest BCUT2D eigenvalue weighted by Crippen LogP contribution is -3.00. The molecule has 1 aromatic rings. The molecule has 1 rings (SSSR count). The molecule has 0 saturated carbocycles. The van der Waals surface area contributed by atoms with Crippen LogP contribution in [0.25, 0.3) is 0 Å². The summed E-state index contributed by atoms with van der Waals surface area (Å²) in [6.45, 7) is 4.77. The van der Waals surface area contributed by atoms with E-state index in [2.05, 4.69) is 43.7 Å². The molecule has 0 N–H and O–H groups in total.